The molecule has 7 atom stereocenters. The van der Waals surface area contributed by atoms with Crippen LogP contribution in [0.5, 0.6) is 0 Å². The topological polar surface area (TPSA) is 97.5 Å². The van der Waals surface area contributed by atoms with Gasteiger partial charge in [0.15, 0.2) is 5.78 Å². The summed E-state index contributed by atoms with van der Waals surface area (Å²) in [6.07, 6.45) is 7.81. The van der Waals surface area contributed by atoms with Gasteiger partial charge in [-0.25, -0.2) is 0 Å². The average Bonchev–Trinajstić information content (AvgIpc) is 2.95. The molecule has 3 saturated carbocycles. The molecule has 0 aromatic rings. The van der Waals surface area contributed by atoms with Crippen molar-refractivity contribution < 1.29 is 19.5 Å². The maximum Gasteiger partial charge on any atom is 0.321 e. The van der Waals surface area contributed by atoms with E-state index in [-0.39, 0.29) is 21.9 Å². The fourth-order valence-corrected chi connectivity index (χ4v) is 8.24. The van der Waals surface area contributed by atoms with Crippen LogP contribution in [0.25, 0.3) is 0 Å². The predicted octanol–water partition coefficient (Wildman–Crippen LogP) is 3.21. The van der Waals surface area contributed by atoms with Gasteiger partial charge in [-0.1, -0.05) is 19.4 Å². The summed E-state index contributed by atoms with van der Waals surface area (Å²) in [6, 6.07) is -0.876. The minimum atomic E-state index is -0.971. The first-order valence-electron chi connectivity index (χ1n) is 10.5. The molecule has 0 aliphatic heterocycles. The highest BCUT2D eigenvalue weighted by Crippen LogP contribution is 2.65. The highest BCUT2D eigenvalue weighted by molar-refractivity contribution is 8.00. The molecule has 4 aliphatic rings. The Hall–Kier alpha value is -1.14. The number of ketones is 2. The number of carboxylic acids is 1. The van der Waals surface area contributed by atoms with Crippen LogP contribution in [0.3, 0.4) is 0 Å². The number of carboxylic acid groups (broad SMARTS) is 1. The normalized spacial score (nSPS) is 43.6. The Balaban J connectivity index is 1.69. The summed E-state index contributed by atoms with van der Waals surface area (Å²) in [5.74, 6) is 1.25. The monoisotopic (exact) mass is 405 g/mol. The second-order valence-electron chi connectivity index (χ2n) is 9.78. The van der Waals surface area contributed by atoms with Crippen LogP contribution in [0.4, 0.5) is 0 Å². The van der Waals surface area contributed by atoms with E-state index in [1.807, 2.05) is 6.08 Å². The Morgan fingerprint density at radius 2 is 1.93 bits per heavy atom. The van der Waals surface area contributed by atoms with Crippen molar-refractivity contribution >= 4 is 29.3 Å². The minimum absolute atomic E-state index is 0.0392. The number of rotatable bonds is 4. The van der Waals surface area contributed by atoms with E-state index < -0.39 is 12.0 Å². The molecule has 0 heterocycles. The second-order valence-corrected chi connectivity index (χ2v) is 11.1. The average molecular weight is 406 g/mol. The molecule has 0 spiro atoms. The standard InChI is InChI=1S/C22H31NO4S/c1-21-7-5-13(24)9-12(21)10-17(28-11-16(23)20(26)27)19-14-3-4-18(25)22(14,2)8-6-15(19)21/h9,14-17,19H,3-8,10-11,23H2,1-2H3,(H,26,27)/t14-,15-,16-,17+,19-,21-,22-/m0/s1. The Kier molecular flexibility index (Phi) is 5.02. The Morgan fingerprint density at radius 1 is 1.21 bits per heavy atom. The third-order valence-electron chi connectivity index (χ3n) is 8.48. The van der Waals surface area contributed by atoms with Crippen LogP contribution in [0.2, 0.25) is 0 Å². The first-order valence-corrected chi connectivity index (χ1v) is 11.6. The molecule has 0 unspecified atom stereocenters. The van der Waals surface area contributed by atoms with Crippen molar-refractivity contribution in [1.82, 2.24) is 0 Å². The largest absolute Gasteiger partial charge is 0.480 e. The summed E-state index contributed by atoms with van der Waals surface area (Å²) >= 11 is 1.65. The van der Waals surface area contributed by atoms with Gasteiger partial charge < -0.3 is 10.8 Å². The van der Waals surface area contributed by atoms with Gasteiger partial charge in [0.1, 0.15) is 11.8 Å². The molecule has 5 nitrogen and oxygen atoms in total. The maximum atomic E-state index is 12.7. The van der Waals surface area contributed by atoms with Crippen LogP contribution in [0, 0.1) is 28.6 Å². The number of hydrogen-bond acceptors (Lipinski definition) is 5. The number of carbonyl (C=O) groups is 3. The lowest BCUT2D eigenvalue weighted by atomic mass is 9.47. The number of Topliss-reactive ketones (excluding diaryl/α,β-unsaturated/α-hetero) is 1. The number of hydrogen-bond donors (Lipinski definition) is 2. The molecule has 154 valence electrons. The van der Waals surface area contributed by atoms with E-state index in [9.17, 15) is 19.5 Å². The summed E-state index contributed by atoms with van der Waals surface area (Å²) in [6.45, 7) is 4.48. The van der Waals surface area contributed by atoms with E-state index in [0.717, 1.165) is 32.1 Å². The van der Waals surface area contributed by atoms with Crippen LogP contribution in [-0.2, 0) is 14.4 Å². The van der Waals surface area contributed by atoms with Crippen molar-refractivity contribution in [2.75, 3.05) is 5.75 Å². The Morgan fingerprint density at radius 3 is 2.64 bits per heavy atom. The van der Waals surface area contributed by atoms with Crippen molar-refractivity contribution in [1.29, 1.82) is 0 Å². The Labute approximate surface area is 170 Å². The smallest absolute Gasteiger partial charge is 0.321 e. The van der Waals surface area contributed by atoms with Gasteiger partial charge in [0, 0.05) is 29.3 Å². The number of aliphatic carboxylic acids is 1. The van der Waals surface area contributed by atoms with Gasteiger partial charge in [0.05, 0.1) is 0 Å². The van der Waals surface area contributed by atoms with Crippen LogP contribution in [-0.4, -0.2) is 39.7 Å². The second kappa shape index (κ2) is 6.98. The SMILES string of the molecule is C[C@]12CCC(=O)C=C1C[C@@H](SC[C@H](N)C(=O)O)[C@@H]1[C@@H]2CC[C@]2(C)C(=O)CC[C@@H]12. The summed E-state index contributed by atoms with van der Waals surface area (Å²) in [5.41, 5.74) is 6.86. The van der Waals surface area contributed by atoms with Crippen molar-refractivity contribution in [2.45, 2.75) is 70.1 Å². The lowest BCUT2D eigenvalue weighted by Crippen LogP contribution is -2.55. The first kappa shape index (κ1) is 20.1. The predicted molar refractivity (Wildman–Crippen MR) is 109 cm³/mol. The van der Waals surface area contributed by atoms with Crippen LogP contribution < -0.4 is 5.73 Å². The van der Waals surface area contributed by atoms with Gasteiger partial charge in [0.25, 0.3) is 0 Å². The third kappa shape index (κ3) is 2.98. The maximum absolute atomic E-state index is 12.7. The molecule has 0 saturated heterocycles. The van der Waals surface area contributed by atoms with Crippen LogP contribution >= 0.6 is 11.8 Å². The number of carbonyl (C=O) groups excluding carboxylic acids is 2. The first-order chi connectivity index (χ1) is 13.2. The van der Waals surface area contributed by atoms with Gasteiger partial charge in [-0.3, -0.25) is 14.4 Å². The van der Waals surface area contributed by atoms with Crippen molar-refractivity contribution in [3.05, 3.63) is 11.6 Å². The molecule has 3 fully saturated rings. The lowest BCUT2D eigenvalue weighted by molar-refractivity contribution is -0.138. The fraction of sp³-hybridized carbons (Fsp3) is 0.773. The molecular weight excluding hydrogens is 374 g/mol. The highest BCUT2D eigenvalue weighted by atomic mass is 32.2. The number of allylic oxidation sites excluding steroid dienone is 1. The molecule has 4 aliphatic carbocycles. The molecule has 6 heteroatoms. The minimum Gasteiger partial charge on any atom is -0.480 e. The quantitative estimate of drug-likeness (QED) is 0.745. The summed E-state index contributed by atoms with van der Waals surface area (Å²) in [4.78, 5) is 36.1. The van der Waals surface area contributed by atoms with Crippen LogP contribution in [0.15, 0.2) is 11.6 Å². The fourth-order valence-electron chi connectivity index (χ4n) is 6.74. The summed E-state index contributed by atoms with van der Waals surface area (Å²) in [5, 5.41) is 9.43. The van der Waals surface area contributed by atoms with Gasteiger partial charge in [-0.2, -0.15) is 11.8 Å². The molecular formula is C22H31NO4S. The zero-order chi connectivity index (χ0) is 20.3. The summed E-state index contributed by atoms with van der Waals surface area (Å²) in [7, 11) is 0. The molecule has 0 bridgehead atoms. The van der Waals surface area contributed by atoms with E-state index in [2.05, 4.69) is 13.8 Å². The molecule has 28 heavy (non-hydrogen) atoms. The van der Waals surface area contributed by atoms with Crippen molar-refractivity contribution in [3.8, 4) is 0 Å². The molecule has 0 amide bonds. The number of thioether (sulfide) groups is 1. The van der Waals surface area contributed by atoms with E-state index in [0.29, 0.717) is 42.1 Å². The van der Waals surface area contributed by atoms with Crippen molar-refractivity contribution in [3.63, 3.8) is 0 Å². The number of fused-ring (bicyclic) bond motifs is 5. The number of nitrogens with two attached hydrogens (primary N) is 1. The molecule has 0 radical (unpaired) electrons. The Bertz CT molecular complexity index is 749. The lowest BCUT2D eigenvalue weighted by Gasteiger charge is -2.59. The summed E-state index contributed by atoms with van der Waals surface area (Å²) < 4.78 is 0. The van der Waals surface area contributed by atoms with E-state index in [4.69, 9.17) is 5.73 Å². The van der Waals surface area contributed by atoms with Crippen molar-refractivity contribution in [2.24, 2.45) is 34.3 Å². The van der Waals surface area contributed by atoms with Gasteiger partial charge in [0.2, 0.25) is 0 Å². The van der Waals surface area contributed by atoms with Crippen LogP contribution in [0.1, 0.15) is 58.8 Å². The zero-order valence-corrected chi connectivity index (χ0v) is 17.6. The molecule has 3 N–H and O–H groups in total. The van der Waals surface area contributed by atoms with E-state index in [1.165, 1.54) is 5.57 Å². The molecule has 0 aromatic heterocycles. The molecule has 4 rings (SSSR count). The molecule has 0 aromatic carbocycles. The van der Waals surface area contributed by atoms with E-state index in [1.54, 1.807) is 11.8 Å². The van der Waals surface area contributed by atoms with Gasteiger partial charge >= 0.3 is 5.97 Å². The van der Waals surface area contributed by atoms with E-state index >= 15 is 0 Å². The zero-order valence-electron chi connectivity index (χ0n) is 16.8. The highest BCUT2D eigenvalue weighted by Gasteiger charge is 2.61. The van der Waals surface area contributed by atoms with Gasteiger partial charge in [-0.05, 0) is 61.3 Å². The van der Waals surface area contributed by atoms with Gasteiger partial charge in [-0.15, -0.1) is 0 Å². The third-order valence-corrected chi connectivity index (χ3v) is 9.94.